The third kappa shape index (κ3) is 5.35. The van der Waals surface area contributed by atoms with Crippen LogP contribution < -0.4 is 5.32 Å². The van der Waals surface area contributed by atoms with Gasteiger partial charge in [-0.25, -0.2) is 4.98 Å². The maximum Gasteiger partial charge on any atom is 0.416 e. The van der Waals surface area contributed by atoms with Crippen LogP contribution in [0, 0.1) is 0 Å². The van der Waals surface area contributed by atoms with Gasteiger partial charge in [0.25, 0.3) is 0 Å². The molecule has 18 heavy (non-hydrogen) atoms. The number of anilines is 1. The highest BCUT2D eigenvalue weighted by molar-refractivity contribution is 5.38. The van der Waals surface area contributed by atoms with Crippen molar-refractivity contribution in [1.82, 2.24) is 4.98 Å². The van der Waals surface area contributed by atoms with E-state index in [0.29, 0.717) is 13.2 Å². The molecule has 1 aromatic heterocycles. The lowest BCUT2D eigenvalue weighted by Gasteiger charge is -2.10. The molecule has 0 atom stereocenters. The van der Waals surface area contributed by atoms with E-state index < -0.39 is 11.7 Å². The Hall–Kier alpha value is -1.30. The van der Waals surface area contributed by atoms with Crippen molar-refractivity contribution >= 4 is 5.82 Å². The van der Waals surface area contributed by atoms with Gasteiger partial charge >= 0.3 is 6.18 Å². The molecule has 0 saturated heterocycles. The molecule has 102 valence electrons. The number of halogens is 3. The van der Waals surface area contributed by atoms with Gasteiger partial charge in [0.2, 0.25) is 0 Å². The van der Waals surface area contributed by atoms with Crippen LogP contribution in [-0.2, 0) is 10.9 Å². The molecule has 0 aliphatic heterocycles. The van der Waals surface area contributed by atoms with Crippen LogP contribution in [0.5, 0.6) is 0 Å². The first-order valence-corrected chi connectivity index (χ1v) is 5.78. The highest BCUT2D eigenvalue weighted by Gasteiger charge is 2.30. The standard InChI is InChI=1S/C12H17F3N2O/c1-9(2)18-7-3-5-16-11-8-10(4-6-17-11)12(13,14)15/h4,6,8-9H,3,5,7H2,1-2H3,(H,16,17). The van der Waals surface area contributed by atoms with E-state index >= 15 is 0 Å². The predicted octanol–water partition coefficient (Wildman–Crippen LogP) is 3.33. The summed E-state index contributed by atoms with van der Waals surface area (Å²) in [5.41, 5.74) is -0.696. The van der Waals surface area contributed by atoms with Gasteiger partial charge in [0.05, 0.1) is 11.7 Å². The van der Waals surface area contributed by atoms with E-state index in [0.717, 1.165) is 24.8 Å². The zero-order valence-electron chi connectivity index (χ0n) is 10.4. The van der Waals surface area contributed by atoms with E-state index in [4.69, 9.17) is 4.74 Å². The van der Waals surface area contributed by atoms with E-state index in [2.05, 4.69) is 10.3 Å². The van der Waals surface area contributed by atoms with Crippen LogP contribution in [0.15, 0.2) is 18.3 Å². The molecule has 0 radical (unpaired) electrons. The number of nitrogens with one attached hydrogen (secondary N) is 1. The molecule has 0 spiro atoms. The van der Waals surface area contributed by atoms with Gasteiger partial charge < -0.3 is 10.1 Å². The fourth-order valence-corrected chi connectivity index (χ4v) is 1.31. The van der Waals surface area contributed by atoms with Gasteiger partial charge in [-0.05, 0) is 32.4 Å². The van der Waals surface area contributed by atoms with Gasteiger partial charge in [0.1, 0.15) is 5.82 Å². The van der Waals surface area contributed by atoms with Crippen LogP contribution in [0.2, 0.25) is 0 Å². The molecule has 0 aromatic carbocycles. The van der Waals surface area contributed by atoms with Crippen LogP contribution in [-0.4, -0.2) is 24.2 Å². The number of hydrogen-bond donors (Lipinski definition) is 1. The lowest BCUT2D eigenvalue weighted by atomic mass is 10.2. The van der Waals surface area contributed by atoms with Crippen molar-refractivity contribution in [1.29, 1.82) is 0 Å². The molecule has 1 N–H and O–H groups in total. The molecule has 0 amide bonds. The normalized spacial score (nSPS) is 11.9. The minimum absolute atomic E-state index is 0.164. The number of ether oxygens (including phenoxy) is 1. The Morgan fingerprint density at radius 3 is 2.72 bits per heavy atom. The van der Waals surface area contributed by atoms with Crippen molar-refractivity contribution < 1.29 is 17.9 Å². The van der Waals surface area contributed by atoms with Crippen LogP contribution in [0.1, 0.15) is 25.8 Å². The summed E-state index contributed by atoms with van der Waals surface area (Å²) in [6, 6.07) is 1.95. The second-order valence-electron chi connectivity index (χ2n) is 4.13. The van der Waals surface area contributed by atoms with Gasteiger partial charge in [-0.3, -0.25) is 0 Å². The third-order valence-electron chi connectivity index (χ3n) is 2.17. The number of hydrogen-bond acceptors (Lipinski definition) is 3. The molecule has 0 bridgehead atoms. The van der Waals surface area contributed by atoms with Crippen molar-refractivity contribution in [2.24, 2.45) is 0 Å². The van der Waals surface area contributed by atoms with Crippen LogP contribution in [0.3, 0.4) is 0 Å². The Morgan fingerprint density at radius 1 is 1.39 bits per heavy atom. The lowest BCUT2D eigenvalue weighted by molar-refractivity contribution is -0.137. The van der Waals surface area contributed by atoms with Crippen LogP contribution in [0.4, 0.5) is 19.0 Å². The van der Waals surface area contributed by atoms with Gasteiger partial charge in [0, 0.05) is 19.3 Å². The van der Waals surface area contributed by atoms with E-state index in [1.54, 1.807) is 0 Å². The number of aromatic nitrogens is 1. The summed E-state index contributed by atoms with van der Waals surface area (Å²) in [7, 11) is 0. The van der Waals surface area contributed by atoms with Crippen LogP contribution in [0.25, 0.3) is 0 Å². The lowest BCUT2D eigenvalue weighted by Crippen LogP contribution is -2.11. The van der Waals surface area contributed by atoms with Crippen LogP contribution >= 0.6 is 0 Å². The van der Waals surface area contributed by atoms with E-state index in [9.17, 15) is 13.2 Å². The molecule has 1 heterocycles. The smallest absolute Gasteiger partial charge is 0.379 e. The minimum atomic E-state index is -4.33. The first kappa shape index (κ1) is 14.8. The summed E-state index contributed by atoms with van der Waals surface area (Å²) in [4.78, 5) is 3.83. The first-order valence-electron chi connectivity index (χ1n) is 5.78. The Kier molecular flexibility index (Phi) is 5.40. The summed E-state index contributed by atoms with van der Waals surface area (Å²) in [5.74, 6) is 0.231. The quantitative estimate of drug-likeness (QED) is 0.798. The average molecular weight is 262 g/mol. The van der Waals surface area contributed by atoms with E-state index in [1.165, 1.54) is 0 Å². The minimum Gasteiger partial charge on any atom is -0.379 e. The monoisotopic (exact) mass is 262 g/mol. The molecule has 3 nitrogen and oxygen atoms in total. The number of rotatable bonds is 6. The number of nitrogens with zero attached hydrogens (tertiary/aromatic N) is 1. The maximum atomic E-state index is 12.4. The van der Waals surface area contributed by atoms with Crippen molar-refractivity contribution in [3.8, 4) is 0 Å². The third-order valence-corrected chi connectivity index (χ3v) is 2.17. The second-order valence-corrected chi connectivity index (χ2v) is 4.13. The van der Waals surface area contributed by atoms with E-state index in [1.807, 2.05) is 13.8 Å². The van der Waals surface area contributed by atoms with Crippen molar-refractivity contribution in [3.05, 3.63) is 23.9 Å². The Balaban J connectivity index is 2.39. The second kappa shape index (κ2) is 6.58. The number of alkyl halides is 3. The molecule has 0 aliphatic rings. The number of pyridine rings is 1. The maximum absolute atomic E-state index is 12.4. The van der Waals surface area contributed by atoms with Crippen molar-refractivity contribution in [3.63, 3.8) is 0 Å². The summed E-state index contributed by atoms with van der Waals surface area (Å²) in [6.07, 6.45) is -2.30. The highest BCUT2D eigenvalue weighted by atomic mass is 19.4. The molecule has 0 aliphatic carbocycles. The van der Waals surface area contributed by atoms with Crippen molar-refractivity contribution in [2.45, 2.75) is 32.5 Å². The van der Waals surface area contributed by atoms with Gasteiger partial charge in [0.15, 0.2) is 0 Å². The molecule has 1 aromatic rings. The fourth-order valence-electron chi connectivity index (χ4n) is 1.31. The molecule has 1 rings (SSSR count). The summed E-state index contributed by atoms with van der Waals surface area (Å²) in [6.45, 7) is 4.97. The zero-order chi connectivity index (χ0) is 13.6. The van der Waals surface area contributed by atoms with Gasteiger partial charge in [-0.15, -0.1) is 0 Å². The SMILES string of the molecule is CC(C)OCCCNc1cc(C(F)(F)F)ccn1. The van der Waals surface area contributed by atoms with Crippen molar-refractivity contribution in [2.75, 3.05) is 18.5 Å². The summed E-state index contributed by atoms with van der Waals surface area (Å²) < 4.78 is 42.6. The molecular weight excluding hydrogens is 245 g/mol. The molecule has 0 unspecified atom stereocenters. The van der Waals surface area contributed by atoms with Gasteiger partial charge in [-0.1, -0.05) is 0 Å². The molecular formula is C12H17F3N2O. The Bertz CT molecular complexity index is 367. The first-order chi connectivity index (χ1) is 8.39. The molecule has 6 heteroatoms. The Labute approximate surface area is 104 Å². The van der Waals surface area contributed by atoms with E-state index in [-0.39, 0.29) is 11.9 Å². The Morgan fingerprint density at radius 2 is 2.11 bits per heavy atom. The molecule has 0 fully saturated rings. The zero-order valence-corrected chi connectivity index (χ0v) is 10.4. The highest BCUT2D eigenvalue weighted by Crippen LogP contribution is 2.29. The summed E-state index contributed by atoms with van der Waals surface area (Å²) >= 11 is 0. The predicted molar refractivity (Wildman–Crippen MR) is 63.4 cm³/mol. The summed E-state index contributed by atoms with van der Waals surface area (Å²) in [5, 5.41) is 2.84. The molecule has 0 saturated carbocycles. The topological polar surface area (TPSA) is 34.1 Å². The van der Waals surface area contributed by atoms with Gasteiger partial charge in [-0.2, -0.15) is 13.2 Å². The fraction of sp³-hybridized carbons (Fsp3) is 0.583. The largest absolute Gasteiger partial charge is 0.416 e. The average Bonchev–Trinajstić information content (AvgIpc) is 2.27.